The molecule has 9 heteroatoms. The molecule has 1 N–H and O–H groups in total. The number of alkyl carbamates (subject to hydrolysis) is 1. The molecule has 1 atom stereocenters. The Labute approximate surface area is 175 Å². The Kier molecular flexibility index (Phi) is 7.62. The van der Waals surface area contributed by atoms with Crippen LogP contribution in [0.25, 0.3) is 10.9 Å². The molecule has 0 fully saturated rings. The lowest BCUT2D eigenvalue weighted by Gasteiger charge is -2.26. The van der Waals surface area contributed by atoms with Crippen LogP contribution in [0, 0.1) is 0 Å². The fourth-order valence-electron chi connectivity index (χ4n) is 3.01. The van der Waals surface area contributed by atoms with Crippen molar-refractivity contribution in [1.82, 2.24) is 14.9 Å². The van der Waals surface area contributed by atoms with Gasteiger partial charge in [-0.1, -0.05) is 17.7 Å². The van der Waals surface area contributed by atoms with E-state index in [0.29, 0.717) is 21.7 Å². The monoisotopic (exact) mass is 425 g/mol. The molecule has 2 aromatic rings. The third kappa shape index (κ3) is 5.68. The number of hydrogen-bond donors (Lipinski definition) is 1. The van der Waals surface area contributed by atoms with Crippen molar-refractivity contribution in [2.24, 2.45) is 0 Å². The minimum atomic E-state index is -0.650. The molecule has 0 aliphatic carbocycles. The van der Waals surface area contributed by atoms with Gasteiger partial charge < -0.3 is 19.5 Å². The molecule has 1 amide bonds. The van der Waals surface area contributed by atoms with Crippen LogP contribution in [0.3, 0.4) is 0 Å². The normalized spacial score (nSPS) is 13.0. The fraction of sp³-hybridized carbons (Fsp3) is 0.550. The lowest BCUT2D eigenvalue weighted by Crippen LogP contribution is -2.39. The SMILES string of the molecule is COCC(COC)n1c([C@H](C)NC(=O)OC(C)(C)C)nc2cccc(Cl)c2c1=O. The molecule has 0 spiro atoms. The number of rotatable bonds is 7. The zero-order chi connectivity index (χ0) is 21.8. The van der Waals surface area contributed by atoms with Crippen LogP contribution >= 0.6 is 11.6 Å². The van der Waals surface area contributed by atoms with Crippen molar-refractivity contribution in [1.29, 1.82) is 0 Å². The molecule has 1 aromatic carbocycles. The average molecular weight is 426 g/mol. The topological polar surface area (TPSA) is 91.7 Å². The van der Waals surface area contributed by atoms with E-state index in [1.54, 1.807) is 45.9 Å². The van der Waals surface area contributed by atoms with Crippen LogP contribution in [-0.2, 0) is 14.2 Å². The quantitative estimate of drug-likeness (QED) is 0.730. The smallest absolute Gasteiger partial charge is 0.408 e. The molecule has 29 heavy (non-hydrogen) atoms. The maximum atomic E-state index is 13.4. The highest BCUT2D eigenvalue weighted by atomic mass is 35.5. The molecular weight excluding hydrogens is 398 g/mol. The van der Waals surface area contributed by atoms with E-state index < -0.39 is 23.8 Å². The van der Waals surface area contributed by atoms with E-state index in [1.165, 1.54) is 18.8 Å². The van der Waals surface area contributed by atoms with Crippen molar-refractivity contribution in [3.63, 3.8) is 0 Å². The van der Waals surface area contributed by atoms with Gasteiger partial charge >= 0.3 is 6.09 Å². The van der Waals surface area contributed by atoms with Gasteiger partial charge in [0, 0.05) is 14.2 Å². The second-order valence-corrected chi connectivity index (χ2v) is 8.12. The van der Waals surface area contributed by atoms with Crippen LogP contribution in [0.4, 0.5) is 4.79 Å². The van der Waals surface area contributed by atoms with Gasteiger partial charge in [-0.3, -0.25) is 9.36 Å². The summed E-state index contributed by atoms with van der Waals surface area (Å²) in [5, 5.41) is 3.35. The van der Waals surface area contributed by atoms with Crippen LogP contribution < -0.4 is 10.9 Å². The van der Waals surface area contributed by atoms with E-state index in [9.17, 15) is 9.59 Å². The van der Waals surface area contributed by atoms with Gasteiger partial charge in [0.2, 0.25) is 0 Å². The minimum absolute atomic E-state index is 0.220. The molecule has 0 aliphatic rings. The first kappa shape index (κ1) is 23.1. The van der Waals surface area contributed by atoms with Gasteiger partial charge in [-0.05, 0) is 39.8 Å². The summed E-state index contributed by atoms with van der Waals surface area (Å²) < 4.78 is 17.4. The van der Waals surface area contributed by atoms with E-state index in [-0.39, 0.29) is 18.8 Å². The molecular formula is C20H28ClN3O5. The van der Waals surface area contributed by atoms with Crippen molar-refractivity contribution < 1.29 is 19.0 Å². The minimum Gasteiger partial charge on any atom is -0.444 e. The third-order valence-electron chi connectivity index (χ3n) is 4.11. The van der Waals surface area contributed by atoms with Crippen molar-refractivity contribution in [3.05, 3.63) is 39.4 Å². The fourth-order valence-corrected chi connectivity index (χ4v) is 3.26. The van der Waals surface area contributed by atoms with Crippen LogP contribution in [0.15, 0.2) is 23.0 Å². The molecule has 8 nitrogen and oxygen atoms in total. The standard InChI is InChI=1S/C20H28ClN3O5/c1-12(22-19(26)29-20(2,3)4)17-23-15-9-7-8-14(21)16(15)18(25)24(17)13(10-27-5)11-28-6/h7-9,12-13H,10-11H2,1-6H3,(H,22,26)/t12-/m0/s1. The Bertz CT molecular complexity index is 917. The number of carbonyl (C=O) groups is 1. The molecule has 160 valence electrons. The molecule has 2 rings (SSSR count). The van der Waals surface area contributed by atoms with E-state index in [1.807, 2.05) is 0 Å². The predicted octanol–water partition coefficient (Wildman–Crippen LogP) is 3.47. The predicted molar refractivity (Wildman–Crippen MR) is 112 cm³/mol. The van der Waals surface area contributed by atoms with Crippen LogP contribution in [0.5, 0.6) is 0 Å². The van der Waals surface area contributed by atoms with Crippen molar-refractivity contribution in [3.8, 4) is 0 Å². The van der Waals surface area contributed by atoms with Gasteiger partial charge in [0.15, 0.2) is 0 Å². The van der Waals surface area contributed by atoms with E-state index in [0.717, 1.165) is 0 Å². The maximum absolute atomic E-state index is 13.4. The first-order valence-corrected chi connectivity index (χ1v) is 9.65. The van der Waals surface area contributed by atoms with Gasteiger partial charge in [-0.15, -0.1) is 0 Å². The van der Waals surface area contributed by atoms with Gasteiger partial charge in [0.1, 0.15) is 11.4 Å². The lowest BCUT2D eigenvalue weighted by molar-refractivity contribution is 0.0500. The van der Waals surface area contributed by atoms with E-state index in [4.69, 9.17) is 25.8 Å². The number of amides is 1. The van der Waals surface area contributed by atoms with Gasteiger partial charge in [-0.25, -0.2) is 9.78 Å². The summed E-state index contributed by atoms with van der Waals surface area (Å²) in [5.74, 6) is 0.356. The Morgan fingerprint density at radius 2 is 1.86 bits per heavy atom. The molecule has 0 saturated carbocycles. The number of hydrogen-bond acceptors (Lipinski definition) is 6. The van der Waals surface area contributed by atoms with E-state index >= 15 is 0 Å². The lowest BCUT2D eigenvalue weighted by atomic mass is 10.2. The summed E-state index contributed by atoms with van der Waals surface area (Å²) in [6.45, 7) is 7.49. The van der Waals surface area contributed by atoms with Crippen LogP contribution in [-0.4, -0.2) is 48.7 Å². The molecule has 0 aliphatic heterocycles. The molecule has 0 saturated heterocycles. The average Bonchev–Trinajstić information content (AvgIpc) is 2.59. The molecule has 1 aromatic heterocycles. The summed E-state index contributed by atoms with van der Waals surface area (Å²) in [5.41, 5.74) is -0.532. The third-order valence-corrected chi connectivity index (χ3v) is 4.42. The molecule has 0 bridgehead atoms. The second-order valence-electron chi connectivity index (χ2n) is 7.71. The number of nitrogens with zero attached hydrogens (tertiary/aromatic N) is 2. The van der Waals surface area contributed by atoms with Crippen LogP contribution in [0.2, 0.25) is 5.02 Å². The van der Waals surface area contributed by atoms with Crippen LogP contribution in [0.1, 0.15) is 45.6 Å². The highest BCUT2D eigenvalue weighted by molar-refractivity contribution is 6.35. The Morgan fingerprint density at radius 1 is 1.24 bits per heavy atom. The number of benzene rings is 1. The number of halogens is 1. The second kappa shape index (κ2) is 9.56. The molecule has 1 heterocycles. The first-order valence-electron chi connectivity index (χ1n) is 9.27. The summed E-state index contributed by atoms with van der Waals surface area (Å²) in [7, 11) is 3.08. The van der Waals surface area contributed by atoms with Gasteiger partial charge in [0.25, 0.3) is 5.56 Å². The number of ether oxygens (including phenoxy) is 3. The Morgan fingerprint density at radius 3 is 2.41 bits per heavy atom. The highest BCUT2D eigenvalue weighted by Crippen LogP contribution is 2.23. The summed E-state index contributed by atoms with van der Waals surface area (Å²) in [6, 6.07) is 4.00. The first-order chi connectivity index (χ1) is 13.6. The van der Waals surface area contributed by atoms with Gasteiger partial charge in [0.05, 0.1) is 41.2 Å². The number of carbonyl (C=O) groups excluding carboxylic acids is 1. The molecule has 0 radical (unpaired) electrons. The largest absolute Gasteiger partial charge is 0.444 e. The number of fused-ring (bicyclic) bond motifs is 1. The summed E-state index contributed by atoms with van der Waals surface area (Å²) in [6.07, 6.45) is -0.605. The summed E-state index contributed by atoms with van der Waals surface area (Å²) in [4.78, 5) is 30.3. The Hall–Kier alpha value is -2.16. The van der Waals surface area contributed by atoms with Gasteiger partial charge in [-0.2, -0.15) is 0 Å². The highest BCUT2D eigenvalue weighted by Gasteiger charge is 2.26. The molecule has 0 unspecified atom stereocenters. The zero-order valence-electron chi connectivity index (χ0n) is 17.6. The van der Waals surface area contributed by atoms with Crippen molar-refractivity contribution in [2.45, 2.75) is 45.4 Å². The zero-order valence-corrected chi connectivity index (χ0v) is 18.4. The number of methoxy groups -OCH3 is 2. The Balaban J connectivity index is 2.61. The van der Waals surface area contributed by atoms with Crippen molar-refractivity contribution in [2.75, 3.05) is 27.4 Å². The number of aromatic nitrogens is 2. The van der Waals surface area contributed by atoms with E-state index in [2.05, 4.69) is 10.3 Å². The summed E-state index contributed by atoms with van der Waals surface area (Å²) >= 11 is 6.28. The number of nitrogens with one attached hydrogen (secondary N) is 1. The van der Waals surface area contributed by atoms with Crippen molar-refractivity contribution >= 4 is 28.6 Å². The maximum Gasteiger partial charge on any atom is 0.408 e.